The van der Waals surface area contributed by atoms with Crippen molar-refractivity contribution in [2.75, 3.05) is 6.54 Å². The molecule has 0 aliphatic rings. The lowest BCUT2D eigenvalue weighted by molar-refractivity contribution is -0.119. The normalized spacial score (nSPS) is 11.6. The highest BCUT2D eigenvalue weighted by Crippen LogP contribution is 2.27. The van der Waals surface area contributed by atoms with Crippen molar-refractivity contribution in [2.45, 2.75) is 11.5 Å². The molecule has 0 aliphatic carbocycles. The van der Waals surface area contributed by atoms with Gasteiger partial charge >= 0.3 is 0 Å². The van der Waals surface area contributed by atoms with Gasteiger partial charge in [-0.15, -0.1) is 0 Å². The van der Waals surface area contributed by atoms with Gasteiger partial charge in [0.2, 0.25) is 10.0 Å². The van der Waals surface area contributed by atoms with E-state index in [2.05, 4.69) is 31.2 Å². The van der Waals surface area contributed by atoms with Crippen LogP contribution in [-0.4, -0.2) is 27.1 Å². The van der Waals surface area contributed by atoms with E-state index in [4.69, 9.17) is 16.3 Å². The Bertz CT molecular complexity index is 1530. The second-order valence-electron chi connectivity index (χ2n) is 7.69. The third kappa shape index (κ3) is 6.70. The number of nitrogens with one attached hydrogen (secondary N) is 2. The van der Waals surface area contributed by atoms with Crippen LogP contribution in [0.25, 0.3) is 10.8 Å². The van der Waals surface area contributed by atoms with Crippen molar-refractivity contribution in [1.82, 2.24) is 10.1 Å². The number of benzene rings is 4. The van der Waals surface area contributed by atoms with Gasteiger partial charge in [0.1, 0.15) is 12.4 Å². The molecule has 184 valence electrons. The lowest BCUT2D eigenvalue weighted by Gasteiger charge is -2.12. The van der Waals surface area contributed by atoms with E-state index in [-0.39, 0.29) is 4.90 Å². The SMILES string of the molecule is O=C(CNS(=O)(=O)c1ccc(Cl)cc1)NN=Cc1c(OCc2cccc(Br)c2)ccc2ccccc12. The van der Waals surface area contributed by atoms with Gasteiger partial charge in [0.25, 0.3) is 5.91 Å². The van der Waals surface area contributed by atoms with Crippen molar-refractivity contribution in [3.05, 3.63) is 106 Å². The molecular weight excluding hydrogens is 566 g/mol. The molecule has 0 fully saturated rings. The average molecular weight is 587 g/mol. The monoisotopic (exact) mass is 585 g/mol. The molecule has 0 spiro atoms. The Balaban J connectivity index is 1.45. The van der Waals surface area contributed by atoms with E-state index in [0.717, 1.165) is 20.8 Å². The van der Waals surface area contributed by atoms with Gasteiger partial charge < -0.3 is 4.74 Å². The molecule has 36 heavy (non-hydrogen) atoms. The molecule has 0 bridgehead atoms. The van der Waals surface area contributed by atoms with Crippen LogP contribution in [0.15, 0.2) is 99.4 Å². The fraction of sp³-hybridized carbons (Fsp3) is 0.0769. The summed E-state index contributed by atoms with van der Waals surface area (Å²) >= 11 is 9.25. The predicted molar refractivity (Wildman–Crippen MR) is 145 cm³/mol. The van der Waals surface area contributed by atoms with Gasteiger partial charge in [0, 0.05) is 15.1 Å². The van der Waals surface area contributed by atoms with Crippen LogP contribution in [0.3, 0.4) is 0 Å². The highest BCUT2D eigenvalue weighted by atomic mass is 79.9. The van der Waals surface area contributed by atoms with Crippen LogP contribution in [0.1, 0.15) is 11.1 Å². The second-order valence-corrected chi connectivity index (χ2v) is 10.8. The van der Waals surface area contributed by atoms with Crippen LogP contribution in [-0.2, 0) is 21.4 Å². The molecule has 0 saturated heterocycles. The molecule has 1 amide bonds. The van der Waals surface area contributed by atoms with E-state index in [9.17, 15) is 13.2 Å². The number of rotatable bonds is 9. The van der Waals surface area contributed by atoms with Crippen LogP contribution >= 0.6 is 27.5 Å². The van der Waals surface area contributed by atoms with Crippen molar-refractivity contribution in [2.24, 2.45) is 5.10 Å². The largest absolute Gasteiger partial charge is 0.488 e. The minimum atomic E-state index is -3.87. The number of ether oxygens (including phenoxy) is 1. The zero-order chi connectivity index (χ0) is 25.5. The first kappa shape index (κ1) is 25.8. The van der Waals surface area contributed by atoms with Crippen molar-refractivity contribution in [3.8, 4) is 5.75 Å². The van der Waals surface area contributed by atoms with E-state index in [1.165, 1.54) is 30.5 Å². The summed E-state index contributed by atoms with van der Waals surface area (Å²) in [6, 6.07) is 25.0. The maximum absolute atomic E-state index is 12.4. The van der Waals surface area contributed by atoms with Crippen molar-refractivity contribution < 1.29 is 17.9 Å². The Morgan fingerprint density at radius 2 is 1.78 bits per heavy atom. The molecule has 2 N–H and O–H groups in total. The molecule has 0 aromatic heterocycles. The fourth-order valence-electron chi connectivity index (χ4n) is 3.39. The van der Waals surface area contributed by atoms with Crippen LogP contribution in [0.5, 0.6) is 5.75 Å². The van der Waals surface area contributed by atoms with Crippen LogP contribution < -0.4 is 14.9 Å². The number of hydrogen-bond donors (Lipinski definition) is 2. The van der Waals surface area contributed by atoms with Crippen molar-refractivity contribution >= 4 is 60.4 Å². The molecule has 4 rings (SSSR count). The molecular formula is C26H21BrClN3O4S. The van der Waals surface area contributed by atoms with Gasteiger partial charge in [-0.1, -0.05) is 70.0 Å². The molecule has 10 heteroatoms. The molecule has 4 aromatic rings. The topological polar surface area (TPSA) is 96.9 Å². The van der Waals surface area contributed by atoms with Crippen molar-refractivity contribution in [1.29, 1.82) is 0 Å². The van der Waals surface area contributed by atoms with Crippen LogP contribution in [0, 0.1) is 0 Å². The maximum atomic E-state index is 12.4. The Hall–Kier alpha value is -3.24. The Morgan fingerprint density at radius 1 is 1.00 bits per heavy atom. The van der Waals surface area contributed by atoms with Gasteiger partial charge in [-0.3, -0.25) is 4.79 Å². The first-order chi connectivity index (χ1) is 17.3. The van der Waals surface area contributed by atoms with Gasteiger partial charge in [0.15, 0.2) is 0 Å². The summed E-state index contributed by atoms with van der Waals surface area (Å²) in [5.41, 5.74) is 4.03. The summed E-state index contributed by atoms with van der Waals surface area (Å²) in [6.07, 6.45) is 1.49. The molecule has 0 radical (unpaired) electrons. The highest BCUT2D eigenvalue weighted by molar-refractivity contribution is 9.10. The van der Waals surface area contributed by atoms with Gasteiger partial charge in [-0.25, -0.2) is 18.6 Å². The second kappa shape index (κ2) is 11.7. The third-order valence-corrected chi connectivity index (χ3v) is 7.31. The number of hydrazone groups is 1. The van der Waals surface area contributed by atoms with Crippen LogP contribution in [0.2, 0.25) is 5.02 Å². The van der Waals surface area contributed by atoms with E-state index in [1.807, 2.05) is 60.7 Å². The summed E-state index contributed by atoms with van der Waals surface area (Å²) in [6.45, 7) is -0.137. The third-order valence-electron chi connectivity index (χ3n) is 5.14. The molecule has 0 atom stereocenters. The van der Waals surface area contributed by atoms with Gasteiger partial charge in [-0.2, -0.15) is 5.10 Å². The number of fused-ring (bicyclic) bond motifs is 1. The standard InChI is InChI=1S/C26H21BrClN3O4S/c27-20-6-3-4-18(14-20)17-35-25-13-8-19-5-1-2-7-23(19)24(25)15-29-31-26(32)16-30-36(33,34)22-11-9-21(28)10-12-22/h1-15,30H,16-17H2,(H,31,32). The van der Waals surface area contributed by atoms with E-state index < -0.39 is 22.5 Å². The minimum absolute atomic E-state index is 0.00573. The van der Waals surface area contributed by atoms with E-state index >= 15 is 0 Å². The Morgan fingerprint density at radius 3 is 2.56 bits per heavy atom. The van der Waals surface area contributed by atoms with Crippen molar-refractivity contribution in [3.63, 3.8) is 0 Å². The number of carbonyl (C=O) groups is 1. The zero-order valence-corrected chi connectivity index (χ0v) is 22.0. The van der Waals surface area contributed by atoms with Gasteiger partial charge in [-0.05, 0) is 58.8 Å². The quantitative estimate of drug-likeness (QED) is 0.206. The zero-order valence-electron chi connectivity index (χ0n) is 18.8. The summed E-state index contributed by atoms with van der Waals surface area (Å²) in [5.74, 6) is -0.0317. The minimum Gasteiger partial charge on any atom is -0.488 e. The Labute approximate surface area is 222 Å². The average Bonchev–Trinajstić information content (AvgIpc) is 2.87. The van der Waals surface area contributed by atoms with Crippen LogP contribution in [0.4, 0.5) is 0 Å². The summed E-state index contributed by atoms with van der Waals surface area (Å²) in [7, 11) is -3.87. The number of amides is 1. The molecule has 0 aliphatic heterocycles. The predicted octanol–water partition coefficient (Wildman–Crippen LogP) is 5.26. The highest BCUT2D eigenvalue weighted by Gasteiger charge is 2.15. The summed E-state index contributed by atoms with van der Waals surface area (Å²) in [5, 5.41) is 6.33. The lowest BCUT2D eigenvalue weighted by Crippen LogP contribution is -2.34. The van der Waals surface area contributed by atoms with E-state index in [1.54, 1.807) is 0 Å². The molecule has 7 nitrogen and oxygen atoms in total. The maximum Gasteiger partial charge on any atom is 0.255 e. The molecule has 4 aromatic carbocycles. The number of carbonyl (C=O) groups excluding carboxylic acids is 1. The molecule has 0 saturated carbocycles. The Kier molecular flexibility index (Phi) is 8.37. The first-order valence-corrected chi connectivity index (χ1v) is 13.4. The fourth-order valence-corrected chi connectivity index (χ4v) is 4.94. The molecule has 0 heterocycles. The number of hydrogen-bond acceptors (Lipinski definition) is 5. The lowest BCUT2D eigenvalue weighted by atomic mass is 10.0. The summed E-state index contributed by atoms with van der Waals surface area (Å²) in [4.78, 5) is 12.3. The number of halogens is 2. The van der Waals surface area contributed by atoms with Gasteiger partial charge in [0.05, 0.1) is 17.7 Å². The summed E-state index contributed by atoms with van der Waals surface area (Å²) < 4.78 is 34.0. The number of sulfonamides is 1. The first-order valence-electron chi connectivity index (χ1n) is 10.8. The van der Waals surface area contributed by atoms with E-state index in [0.29, 0.717) is 22.9 Å². The number of nitrogens with zero attached hydrogens (tertiary/aromatic N) is 1. The molecule has 0 unspecified atom stereocenters. The smallest absolute Gasteiger partial charge is 0.255 e.